The highest BCUT2D eigenvalue weighted by atomic mass is 32.2. The summed E-state index contributed by atoms with van der Waals surface area (Å²) in [6.45, 7) is 7.65. The lowest BCUT2D eigenvalue weighted by Crippen LogP contribution is -2.60. The lowest BCUT2D eigenvalue weighted by atomic mass is 10.0. The molecule has 1 N–H and O–H groups in total. The Labute approximate surface area is 300 Å². The standard InChI is InChI=1S/C38H47F3N4O5S/c1-37(2,3)50-36(47)42-30-16-18-44(19-17-30)35(46)34-25-43(24-26-8-12-29(13-9-26)38(39,40)41)20-21-45(34)51(48)33-15-11-27-22-32(14-10-28(27)23-33)49-31-6-4-5-7-31/h8-15,22-23,30-31,34H,4-7,16-21,24-25H2,1-3H3,(H,42,47). The van der Waals surface area contributed by atoms with Crippen molar-refractivity contribution in [3.8, 4) is 5.75 Å². The van der Waals surface area contributed by atoms with Crippen LogP contribution in [-0.4, -0.2) is 86.8 Å². The summed E-state index contributed by atoms with van der Waals surface area (Å²) >= 11 is 0. The van der Waals surface area contributed by atoms with Gasteiger partial charge in [-0.05, 0) is 112 Å². The van der Waals surface area contributed by atoms with Gasteiger partial charge in [0.15, 0.2) is 0 Å². The smallest absolute Gasteiger partial charge is 0.416 e. The van der Waals surface area contributed by atoms with Gasteiger partial charge in [-0.25, -0.2) is 13.3 Å². The number of piperazine rings is 1. The van der Waals surface area contributed by atoms with E-state index in [0.29, 0.717) is 56.0 Å². The van der Waals surface area contributed by atoms with Crippen LogP contribution in [-0.2, 0) is 33.2 Å². The molecule has 2 atom stereocenters. The van der Waals surface area contributed by atoms with Crippen molar-refractivity contribution < 1.29 is 36.4 Å². The first-order valence-electron chi connectivity index (χ1n) is 17.8. The minimum atomic E-state index is -4.42. The van der Waals surface area contributed by atoms with E-state index in [1.165, 1.54) is 25.0 Å². The van der Waals surface area contributed by atoms with Gasteiger partial charge in [0.05, 0.1) is 16.6 Å². The Morgan fingerprint density at radius 3 is 2.20 bits per heavy atom. The number of carbonyl (C=O) groups is 2. The molecule has 2 heterocycles. The van der Waals surface area contributed by atoms with E-state index < -0.39 is 40.5 Å². The molecular weight excluding hydrogens is 682 g/mol. The normalized spacial score (nSPS) is 20.7. The summed E-state index contributed by atoms with van der Waals surface area (Å²) in [6, 6.07) is 15.8. The molecule has 0 radical (unpaired) electrons. The van der Waals surface area contributed by atoms with Gasteiger partial charge in [-0.15, -0.1) is 0 Å². The number of rotatable bonds is 8. The molecule has 51 heavy (non-hydrogen) atoms. The first-order chi connectivity index (χ1) is 24.2. The lowest BCUT2D eigenvalue weighted by molar-refractivity contribution is -0.138. The Hall–Kier alpha value is -3.68. The largest absolute Gasteiger partial charge is 0.490 e. The summed E-state index contributed by atoms with van der Waals surface area (Å²) in [6.07, 6.45) is 0.925. The maximum atomic E-state index is 14.3. The molecule has 2 aliphatic heterocycles. The number of alkyl halides is 3. The van der Waals surface area contributed by atoms with E-state index in [4.69, 9.17) is 9.47 Å². The number of hydrogen-bond donors (Lipinski definition) is 1. The molecule has 2 saturated heterocycles. The van der Waals surface area contributed by atoms with Crippen LogP contribution in [0.15, 0.2) is 65.6 Å². The molecule has 6 rings (SSSR count). The van der Waals surface area contributed by atoms with Crippen LogP contribution < -0.4 is 10.1 Å². The van der Waals surface area contributed by atoms with Crippen LogP contribution >= 0.6 is 0 Å². The molecule has 3 fully saturated rings. The molecule has 9 nitrogen and oxygen atoms in total. The third-order valence-corrected chi connectivity index (χ3v) is 11.2. The first kappa shape index (κ1) is 37.1. The fourth-order valence-electron chi connectivity index (χ4n) is 7.07. The van der Waals surface area contributed by atoms with Crippen LogP contribution in [0.25, 0.3) is 10.8 Å². The average Bonchev–Trinajstić information content (AvgIpc) is 3.60. The fourth-order valence-corrected chi connectivity index (χ4v) is 8.39. The predicted molar refractivity (Wildman–Crippen MR) is 189 cm³/mol. The number of benzene rings is 3. The predicted octanol–water partition coefficient (Wildman–Crippen LogP) is 6.90. The molecule has 3 aromatic carbocycles. The maximum Gasteiger partial charge on any atom is 0.416 e. The second-order valence-electron chi connectivity index (χ2n) is 14.8. The SMILES string of the molecule is CC(C)(C)OC(=O)NC1CCN(C(=O)C2CN(Cc3ccc(C(F)(F)F)cc3)CCN2S(=O)c2ccc3cc(OC4CCCC4)ccc3c2)CC1. The van der Waals surface area contributed by atoms with Crippen LogP contribution in [0.5, 0.6) is 5.75 Å². The van der Waals surface area contributed by atoms with Crippen molar-refractivity contribution in [2.75, 3.05) is 32.7 Å². The zero-order chi connectivity index (χ0) is 36.3. The average molecular weight is 729 g/mol. The van der Waals surface area contributed by atoms with E-state index in [1.54, 1.807) is 30.0 Å². The summed E-state index contributed by atoms with van der Waals surface area (Å²) in [5, 5.41) is 4.80. The minimum absolute atomic E-state index is 0.140. The fraction of sp³-hybridized carbons (Fsp3) is 0.526. The second-order valence-corrected chi connectivity index (χ2v) is 16.2. The summed E-state index contributed by atoms with van der Waals surface area (Å²) < 4.78 is 67.1. The van der Waals surface area contributed by atoms with Crippen molar-refractivity contribution >= 4 is 33.8 Å². The number of amides is 2. The molecule has 1 saturated carbocycles. The monoisotopic (exact) mass is 728 g/mol. The molecule has 2 amide bonds. The van der Waals surface area contributed by atoms with Gasteiger partial charge in [-0.1, -0.05) is 24.3 Å². The number of piperidine rings is 1. The van der Waals surface area contributed by atoms with E-state index in [2.05, 4.69) is 5.32 Å². The van der Waals surface area contributed by atoms with Crippen molar-refractivity contribution in [3.63, 3.8) is 0 Å². The summed E-state index contributed by atoms with van der Waals surface area (Å²) in [4.78, 5) is 30.9. The molecule has 3 aromatic rings. The Bertz CT molecular complexity index is 1720. The maximum absolute atomic E-state index is 14.3. The van der Waals surface area contributed by atoms with E-state index >= 15 is 0 Å². The number of nitrogens with one attached hydrogen (secondary N) is 1. The van der Waals surface area contributed by atoms with E-state index in [9.17, 15) is 27.0 Å². The highest BCUT2D eigenvalue weighted by Gasteiger charge is 2.40. The highest BCUT2D eigenvalue weighted by molar-refractivity contribution is 7.82. The summed E-state index contributed by atoms with van der Waals surface area (Å²) in [5.74, 6) is 0.661. The van der Waals surface area contributed by atoms with Gasteiger partial charge < -0.3 is 19.7 Å². The van der Waals surface area contributed by atoms with Gasteiger partial charge in [-0.3, -0.25) is 9.69 Å². The van der Waals surface area contributed by atoms with Crippen LogP contribution in [0.4, 0.5) is 18.0 Å². The van der Waals surface area contributed by atoms with E-state index in [0.717, 1.165) is 41.5 Å². The molecular formula is C38H47F3N4O5S. The van der Waals surface area contributed by atoms with Crippen LogP contribution in [0, 0.1) is 0 Å². The van der Waals surface area contributed by atoms with Gasteiger partial charge in [-0.2, -0.15) is 13.2 Å². The Kier molecular flexibility index (Phi) is 11.3. The number of ether oxygens (including phenoxy) is 2. The summed E-state index contributed by atoms with van der Waals surface area (Å²) in [5.41, 5.74) is -0.634. The number of nitrogens with zero attached hydrogens (tertiary/aromatic N) is 3. The topological polar surface area (TPSA) is 91.4 Å². The zero-order valence-corrected chi connectivity index (χ0v) is 30.2. The number of likely N-dealkylation sites (tertiary alicyclic amines) is 1. The van der Waals surface area contributed by atoms with Gasteiger partial charge in [0.1, 0.15) is 28.4 Å². The molecule has 0 aromatic heterocycles. The summed E-state index contributed by atoms with van der Waals surface area (Å²) in [7, 11) is -1.66. The van der Waals surface area contributed by atoms with Gasteiger partial charge in [0, 0.05) is 45.3 Å². The van der Waals surface area contributed by atoms with Crippen LogP contribution in [0.1, 0.15) is 70.4 Å². The second kappa shape index (κ2) is 15.5. The third kappa shape index (κ3) is 9.61. The van der Waals surface area contributed by atoms with Crippen molar-refractivity contribution in [2.24, 2.45) is 0 Å². The number of halogens is 3. The molecule has 3 aliphatic rings. The Morgan fingerprint density at radius 1 is 0.863 bits per heavy atom. The van der Waals surface area contributed by atoms with Crippen molar-refractivity contribution in [1.82, 2.24) is 19.4 Å². The molecule has 0 spiro atoms. The van der Waals surface area contributed by atoms with Crippen LogP contribution in [0.2, 0.25) is 0 Å². The minimum Gasteiger partial charge on any atom is -0.490 e. The zero-order valence-electron chi connectivity index (χ0n) is 29.4. The number of carbonyl (C=O) groups excluding carboxylic acids is 2. The van der Waals surface area contributed by atoms with E-state index in [1.807, 2.05) is 41.3 Å². The van der Waals surface area contributed by atoms with Crippen molar-refractivity contribution in [3.05, 3.63) is 71.8 Å². The first-order valence-corrected chi connectivity index (χ1v) is 18.9. The third-order valence-electron chi connectivity index (χ3n) is 9.72. The van der Waals surface area contributed by atoms with Gasteiger partial charge in [0.2, 0.25) is 5.91 Å². The lowest BCUT2D eigenvalue weighted by Gasteiger charge is -2.42. The quantitative estimate of drug-likeness (QED) is 0.272. The highest BCUT2D eigenvalue weighted by Crippen LogP contribution is 2.31. The van der Waals surface area contributed by atoms with Crippen LogP contribution in [0.3, 0.4) is 0 Å². The molecule has 0 bridgehead atoms. The number of hydrogen-bond acceptors (Lipinski definition) is 6. The molecule has 2 unspecified atom stereocenters. The number of fused-ring (bicyclic) bond motifs is 1. The van der Waals surface area contributed by atoms with Gasteiger partial charge in [0.25, 0.3) is 0 Å². The molecule has 1 aliphatic carbocycles. The Morgan fingerprint density at radius 2 is 1.53 bits per heavy atom. The number of alkyl carbamates (subject to hydrolysis) is 1. The Balaban J connectivity index is 1.17. The van der Waals surface area contributed by atoms with Gasteiger partial charge >= 0.3 is 12.3 Å². The molecule has 13 heteroatoms. The van der Waals surface area contributed by atoms with Crippen molar-refractivity contribution in [2.45, 2.75) is 101 Å². The van der Waals surface area contributed by atoms with Crippen molar-refractivity contribution in [1.29, 1.82) is 0 Å². The molecule has 276 valence electrons. The van der Waals surface area contributed by atoms with E-state index in [-0.39, 0.29) is 24.6 Å².